The summed E-state index contributed by atoms with van der Waals surface area (Å²) < 4.78 is 2.20. The van der Waals surface area contributed by atoms with Crippen LogP contribution in [-0.2, 0) is 13.0 Å². The van der Waals surface area contributed by atoms with Gasteiger partial charge in [0.2, 0.25) is 0 Å². The van der Waals surface area contributed by atoms with Gasteiger partial charge in [0, 0.05) is 17.5 Å². The van der Waals surface area contributed by atoms with Crippen molar-refractivity contribution in [1.82, 2.24) is 14.7 Å². The molecule has 0 saturated carbocycles. The largest absolute Gasteiger partial charge is 0.303 e. The molecule has 4 heteroatoms. The highest BCUT2D eigenvalue weighted by atomic mass is 35.5. The molecule has 0 unspecified atom stereocenters. The molecule has 33 heavy (non-hydrogen) atoms. The van der Waals surface area contributed by atoms with E-state index in [1.54, 1.807) is 0 Å². The molecule has 1 aliphatic heterocycles. The first kappa shape index (κ1) is 22.2. The Morgan fingerprint density at radius 3 is 2.45 bits per heavy atom. The average molecular weight is 458 g/mol. The van der Waals surface area contributed by atoms with Crippen LogP contribution in [0.5, 0.6) is 0 Å². The molecular formula is C29H32ClN3. The lowest BCUT2D eigenvalue weighted by atomic mass is 9.93. The second-order valence-corrected chi connectivity index (χ2v) is 9.67. The van der Waals surface area contributed by atoms with E-state index >= 15 is 0 Å². The predicted molar refractivity (Wildman–Crippen MR) is 138 cm³/mol. The van der Waals surface area contributed by atoms with E-state index in [9.17, 15) is 0 Å². The Kier molecular flexibility index (Phi) is 7.09. The molecule has 3 aromatic rings. The lowest BCUT2D eigenvalue weighted by Crippen LogP contribution is -2.34. The monoisotopic (exact) mass is 457 g/mol. The number of piperidine rings is 1. The van der Waals surface area contributed by atoms with Gasteiger partial charge in [0.1, 0.15) is 0 Å². The summed E-state index contributed by atoms with van der Waals surface area (Å²) in [6, 6.07) is 21.3. The number of nitrogens with zero attached hydrogens (tertiary/aromatic N) is 3. The lowest BCUT2D eigenvalue weighted by molar-refractivity contribution is 0.213. The number of hydrogen-bond acceptors (Lipinski definition) is 2. The van der Waals surface area contributed by atoms with Gasteiger partial charge in [-0.15, -0.1) is 0 Å². The van der Waals surface area contributed by atoms with Crippen LogP contribution >= 0.6 is 11.6 Å². The SMILES string of the molecule is Clc1ccc(-c2cc(C3CCN(CCc4ccccc4)CC3)nn2CC2=CCCC=C2)cc1. The summed E-state index contributed by atoms with van der Waals surface area (Å²) in [5.74, 6) is 0.529. The first-order valence-corrected chi connectivity index (χ1v) is 12.6. The second-order valence-electron chi connectivity index (χ2n) is 9.23. The van der Waals surface area contributed by atoms with Gasteiger partial charge in [0.05, 0.1) is 17.9 Å². The maximum Gasteiger partial charge on any atom is 0.0689 e. The summed E-state index contributed by atoms with van der Waals surface area (Å²) in [6.45, 7) is 4.26. The highest BCUT2D eigenvalue weighted by Crippen LogP contribution is 2.32. The van der Waals surface area contributed by atoms with Crippen molar-refractivity contribution in [3.63, 3.8) is 0 Å². The second kappa shape index (κ2) is 10.5. The molecule has 0 amide bonds. The van der Waals surface area contributed by atoms with Crippen molar-refractivity contribution in [2.75, 3.05) is 19.6 Å². The van der Waals surface area contributed by atoms with E-state index in [1.165, 1.54) is 40.9 Å². The van der Waals surface area contributed by atoms with Crippen LogP contribution in [0.25, 0.3) is 11.3 Å². The molecule has 5 rings (SSSR count). The van der Waals surface area contributed by atoms with Gasteiger partial charge >= 0.3 is 0 Å². The Morgan fingerprint density at radius 2 is 1.73 bits per heavy atom. The third-order valence-electron chi connectivity index (χ3n) is 6.91. The molecule has 3 nitrogen and oxygen atoms in total. The van der Waals surface area contributed by atoms with Gasteiger partial charge in [-0.2, -0.15) is 5.10 Å². The fourth-order valence-electron chi connectivity index (χ4n) is 4.95. The van der Waals surface area contributed by atoms with Gasteiger partial charge in [-0.05, 0) is 80.1 Å². The molecule has 0 N–H and O–H groups in total. The highest BCUT2D eigenvalue weighted by molar-refractivity contribution is 6.30. The van der Waals surface area contributed by atoms with E-state index in [4.69, 9.17) is 16.7 Å². The molecule has 1 aromatic heterocycles. The third kappa shape index (κ3) is 5.66. The van der Waals surface area contributed by atoms with Crippen LogP contribution < -0.4 is 0 Å². The minimum absolute atomic E-state index is 0.529. The number of rotatable bonds is 7. The van der Waals surface area contributed by atoms with Crippen LogP contribution in [0.2, 0.25) is 5.02 Å². The van der Waals surface area contributed by atoms with Gasteiger partial charge < -0.3 is 4.90 Å². The standard InChI is InChI=1S/C29H32ClN3/c30-27-13-11-26(12-14-27)29-21-28(31-33(29)22-24-9-5-2-6-10-24)25-16-19-32(20-17-25)18-15-23-7-3-1-4-8-23/h1,3-5,7-14,21,25H,2,6,15-20,22H2. The molecule has 1 saturated heterocycles. The van der Waals surface area contributed by atoms with Crippen LogP contribution in [-0.4, -0.2) is 34.3 Å². The van der Waals surface area contributed by atoms with E-state index in [0.717, 1.165) is 50.5 Å². The summed E-state index contributed by atoms with van der Waals surface area (Å²) in [6.07, 6.45) is 12.6. The number of halogens is 1. The molecule has 0 bridgehead atoms. The Morgan fingerprint density at radius 1 is 0.939 bits per heavy atom. The Bertz CT molecular complexity index is 1100. The van der Waals surface area contributed by atoms with E-state index in [-0.39, 0.29) is 0 Å². The Labute approximate surface area is 202 Å². The summed E-state index contributed by atoms with van der Waals surface area (Å²) in [4.78, 5) is 2.61. The van der Waals surface area contributed by atoms with Crippen molar-refractivity contribution < 1.29 is 0 Å². The third-order valence-corrected chi connectivity index (χ3v) is 7.16. The number of allylic oxidation sites excluding steroid dienone is 4. The lowest BCUT2D eigenvalue weighted by Gasteiger charge is -2.31. The molecule has 2 aliphatic rings. The number of benzene rings is 2. The molecular weight excluding hydrogens is 426 g/mol. The smallest absolute Gasteiger partial charge is 0.0689 e. The summed E-state index contributed by atoms with van der Waals surface area (Å²) in [5.41, 5.74) is 6.38. The highest BCUT2D eigenvalue weighted by Gasteiger charge is 2.24. The van der Waals surface area contributed by atoms with Gasteiger partial charge in [-0.3, -0.25) is 4.68 Å². The quantitative estimate of drug-likeness (QED) is 0.384. The first-order chi connectivity index (χ1) is 16.2. The van der Waals surface area contributed by atoms with Gasteiger partial charge in [0.15, 0.2) is 0 Å². The zero-order chi connectivity index (χ0) is 22.5. The Hall–Kier alpha value is -2.62. The maximum atomic E-state index is 6.15. The maximum absolute atomic E-state index is 6.15. The average Bonchev–Trinajstić information content (AvgIpc) is 3.28. The molecule has 1 fully saturated rings. The van der Waals surface area contributed by atoms with Crippen molar-refractivity contribution in [2.45, 2.75) is 44.6 Å². The van der Waals surface area contributed by atoms with Crippen LogP contribution in [0.15, 0.2) is 84.5 Å². The van der Waals surface area contributed by atoms with Crippen molar-refractivity contribution in [1.29, 1.82) is 0 Å². The molecule has 0 radical (unpaired) electrons. The zero-order valence-corrected chi connectivity index (χ0v) is 19.9. The number of likely N-dealkylation sites (tertiary alicyclic amines) is 1. The molecule has 1 aliphatic carbocycles. The molecule has 2 aromatic carbocycles. The summed E-state index contributed by atoms with van der Waals surface area (Å²) in [7, 11) is 0. The van der Waals surface area contributed by atoms with Crippen molar-refractivity contribution in [3.05, 3.63) is 101 Å². The molecule has 2 heterocycles. The topological polar surface area (TPSA) is 21.1 Å². The van der Waals surface area contributed by atoms with Crippen molar-refractivity contribution in [3.8, 4) is 11.3 Å². The minimum Gasteiger partial charge on any atom is -0.303 e. The van der Waals surface area contributed by atoms with Crippen LogP contribution in [0.3, 0.4) is 0 Å². The summed E-state index contributed by atoms with van der Waals surface area (Å²) >= 11 is 6.15. The van der Waals surface area contributed by atoms with E-state index in [1.807, 2.05) is 12.1 Å². The first-order valence-electron chi connectivity index (χ1n) is 12.2. The fraction of sp³-hybridized carbons (Fsp3) is 0.345. The van der Waals surface area contributed by atoms with Crippen molar-refractivity contribution >= 4 is 11.6 Å². The molecule has 0 atom stereocenters. The number of aromatic nitrogens is 2. The van der Waals surface area contributed by atoms with Crippen molar-refractivity contribution in [2.24, 2.45) is 0 Å². The van der Waals surface area contributed by atoms with Gasteiger partial charge in [0.25, 0.3) is 0 Å². The van der Waals surface area contributed by atoms with E-state index in [0.29, 0.717) is 5.92 Å². The van der Waals surface area contributed by atoms with Crippen LogP contribution in [0.1, 0.15) is 42.9 Å². The number of hydrogen-bond donors (Lipinski definition) is 0. The zero-order valence-electron chi connectivity index (χ0n) is 19.2. The minimum atomic E-state index is 0.529. The van der Waals surface area contributed by atoms with E-state index in [2.05, 4.69) is 76.3 Å². The predicted octanol–water partition coefficient (Wildman–Crippen LogP) is 6.90. The summed E-state index contributed by atoms with van der Waals surface area (Å²) in [5, 5.41) is 5.91. The van der Waals surface area contributed by atoms with Gasteiger partial charge in [-0.1, -0.05) is 72.3 Å². The Balaban J connectivity index is 1.29. The molecule has 0 spiro atoms. The molecule has 170 valence electrons. The van der Waals surface area contributed by atoms with E-state index < -0.39 is 0 Å². The van der Waals surface area contributed by atoms with Crippen LogP contribution in [0.4, 0.5) is 0 Å². The van der Waals surface area contributed by atoms with Crippen LogP contribution in [0, 0.1) is 0 Å². The normalized spacial score (nSPS) is 17.3. The van der Waals surface area contributed by atoms with Gasteiger partial charge in [-0.25, -0.2) is 0 Å². The fourth-order valence-corrected chi connectivity index (χ4v) is 5.08.